The number of hydrogen-bond donors (Lipinski definition) is 1. The second-order valence-electron chi connectivity index (χ2n) is 4.84. The minimum atomic E-state index is 0.529. The van der Waals surface area contributed by atoms with Gasteiger partial charge in [-0.2, -0.15) is 0 Å². The molecule has 2 atom stereocenters. The molecule has 0 aromatic heterocycles. The molecule has 1 aliphatic heterocycles. The van der Waals surface area contributed by atoms with E-state index in [1.807, 2.05) is 6.07 Å². The lowest BCUT2D eigenvalue weighted by Gasteiger charge is -2.38. The predicted molar refractivity (Wildman–Crippen MR) is 70.6 cm³/mol. The van der Waals surface area contributed by atoms with Crippen molar-refractivity contribution < 1.29 is 4.74 Å². The molecule has 0 saturated carbocycles. The molecule has 3 heteroatoms. The Morgan fingerprint density at radius 2 is 2.29 bits per heavy atom. The van der Waals surface area contributed by atoms with Crippen LogP contribution in [0.2, 0.25) is 0 Å². The highest BCUT2D eigenvalue weighted by Gasteiger charge is 2.24. The van der Waals surface area contributed by atoms with Crippen molar-refractivity contribution in [2.24, 2.45) is 0 Å². The molecule has 0 radical (unpaired) electrons. The lowest BCUT2D eigenvalue weighted by atomic mass is 9.97. The minimum Gasteiger partial charge on any atom is -0.497 e. The number of ether oxygens (including phenoxy) is 1. The van der Waals surface area contributed by atoms with Crippen molar-refractivity contribution in [1.82, 2.24) is 10.2 Å². The second-order valence-corrected chi connectivity index (χ2v) is 4.84. The van der Waals surface area contributed by atoms with Gasteiger partial charge in [0.25, 0.3) is 0 Å². The van der Waals surface area contributed by atoms with E-state index >= 15 is 0 Å². The lowest BCUT2D eigenvalue weighted by molar-refractivity contribution is 0.163. The first-order chi connectivity index (χ1) is 8.20. The molecule has 0 aliphatic carbocycles. The Morgan fingerprint density at radius 1 is 1.47 bits per heavy atom. The van der Waals surface area contributed by atoms with E-state index in [-0.39, 0.29) is 0 Å². The van der Waals surface area contributed by atoms with Crippen LogP contribution in [0.3, 0.4) is 0 Å². The summed E-state index contributed by atoms with van der Waals surface area (Å²) in [6.45, 7) is 4.50. The Balaban J connectivity index is 2.04. The quantitative estimate of drug-likeness (QED) is 0.858. The lowest BCUT2D eigenvalue weighted by Crippen LogP contribution is -2.55. The summed E-state index contributed by atoms with van der Waals surface area (Å²) in [7, 11) is 3.92. The summed E-state index contributed by atoms with van der Waals surface area (Å²) in [5, 5.41) is 3.60. The van der Waals surface area contributed by atoms with Crippen LogP contribution in [0.15, 0.2) is 24.3 Å². The summed E-state index contributed by atoms with van der Waals surface area (Å²) >= 11 is 0. The monoisotopic (exact) mass is 234 g/mol. The topological polar surface area (TPSA) is 24.5 Å². The number of rotatable bonds is 3. The van der Waals surface area contributed by atoms with Crippen LogP contribution in [-0.4, -0.2) is 44.2 Å². The minimum absolute atomic E-state index is 0.529. The molecular weight excluding hydrogens is 212 g/mol. The van der Waals surface area contributed by atoms with E-state index in [4.69, 9.17) is 4.74 Å². The highest BCUT2D eigenvalue weighted by molar-refractivity contribution is 5.29. The zero-order chi connectivity index (χ0) is 12.3. The fourth-order valence-corrected chi connectivity index (χ4v) is 2.40. The van der Waals surface area contributed by atoms with Gasteiger partial charge >= 0.3 is 0 Å². The molecule has 17 heavy (non-hydrogen) atoms. The second kappa shape index (κ2) is 5.52. The summed E-state index contributed by atoms with van der Waals surface area (Å²) in [6.07, 6.45) is 1.06. The fourth-order valence-electron chi connectivity index (χ4n) is 2.40. The average Bonchev–Trinajstić information content (AvgIpc) is 2.35. The van der Waals surface area contributed by atoms with E-state index < -0.39 is 0 Å². The van der Waals surface area contributed by atoms with Crippen molar-refractivity contribution in [1.29, 1.82) is 0 Å². The number of likely N-dealkylation sites (N-methyl/N-ethyl adjacent to an activating group) is 1. The van der Waals surface area contributed by atoms with Gasteiger partial charge in [-0.15, -0.1) is 0 Å². The molecule has 0 amide bonds. The molecule has 2 rings (SSSR count). The van der Waals surface area contributed by atoms with Crippen molar-refractivity contribution >= 4 is 0 Å². The standard InChI is InChI=1S/C14H22N2O/c1-11-14(15-7-8-16(11)2)10-12-5-4-6-13(9-12)17-3/h4-6,9,11,14-15H,7-8,10H2,1-3H3. The van der Waals surface area contributed by atoms with E-state index in [0.29, 0.717) is 12.1 Å². The zero-order valence-corrected chi connectivity index (χ0v) is 10.9. The van der Waals surface area contributed by atoms with Gasteiger partial charge in [0.05, 0.1) is 7.11 Å². The van der Waals surface area contributed by atoms with Gasteiger partial charge in [-0.05, 0) is 38.1 Å². The molecule has 0 spiro atoms. The van der Waals surface area contributed by atoms with Gasteiger partial charge in [0.2, 0.25) is 0 Å². The smallest absolute Gasteiger partial charge is 0.119 e. The summed E-state index contributed by atoms with van der Waals surface area (Å²) in [6, 6.07) is 9.46. The molecule has 1 saturated heterocycles. The largest absolute Gasteiger partial charge is 0.497 e. The van der Waals surface area contributed by atoms with E-state index in [1.54, 1.807) is 7.11 Å². The molecule has 1 fully saturated rings. The number of hydrogen-bond acceptors (Lipinski definition) is 3. The number of piperazine rings is 1. The molecule has 1 N–H and O–H groups in total. The number of methoxy groups -OCH3 is 1. The Labute approximate surface area is 104 Å². The van der Waals surface area contributed by atoms with E-state index in [2.05, 4.69) is 42.4 Å². The summed E-state index contributed by atoms with van der Waals surface area (Å²) in [4.78, 5) is 2.42. The maximum atomic E-state index is 5.26. The van der Waals surface area contributed by atoms with Crippen LogP contribution < -0.4 is 10.1 Å². The van der Waals surface area contributed by atoms with Crippen molar-refractivity contribution in [3.63, 3.8) is 0 Å². The van der Waals surface area contributed by atoms with Gasteiger partial charge in [-0.1, -0.05) is 12.1 Å². The van der Waals surface area contributed by atoms with Gasteiger partial charge in [0.15, 0.2) is 0 Å². The number of nitrogens with one attached hydrogen (secondary N) is 1. The predicted octanol–water partition coefficient (Wildman–Crippen LogP) is 1.53. The van der Waals surface area contributed by atoms with Crippen LogP contribution in [0.1, 0.15) is 12.5 Å². The maximum absolute atomic E-state index is 5.26. The van der Waals surface area contributed by atoms with Gasteiger partial charge < -0.3 is 15.0 Å². The number of nitrogens with zero attached hydrogens (tertiary/aromatic N) is 1. The summed E-state index contributed by atoms with van der Waals surface area (Å²) in [5.74, 6) is 0.944. The van der Waals surface area contributed by atoms with E-state index in [1.165, 1.54) is 5.56 Å². The van der Waals surface area contributed by atoms with Crippen LogP contribution in [0.25, 0.3) is 0 Å². The van der Waals surface area contributed by atoms with Crippen molar-refractivity contribution in [2.45, 2.75) is 25.4 Å². The molecule has 2 unspecified atom stereocenters. The van der Waals surface area contributed by atoms with Crippen LogP contribution in [0, 0.1) is 0 Å². The highest BCUT2D eigenvalue weighted by Crippen LogP contribution is 2.17. The molecule has 1 heterocycles. The third-order valence-corrected chi connectivity index (χ3v) is 3.74. The van der Waals surface area contributed by atoms with Crippen molar-refractivity contribution in [3.8, 4) is 5.75 Å². The van der Waals surface area contributed by atoms with Crippen LogP contribution >= 0.6 is 0 Å². The van der Waals surface area contributed by atoms with Gasteiger partial charge in [-0.3, -0.25) is 0 Å². The SMILES string of the molecule is COc1cccc(CC2NCCN(C)C2C)c1. The zero-order valence-electron chi connectivity index (χ0n) is 10.9. The van der Waals surface area contributed by atoms with Gasteiger partial charge in [0.1, 0.15) is 5.75 Å². The van der Waals surface area contributed by atoms with Crippen LogP contribution in [0.5, 0.6) is 5.75 Å². The Kier molecular flexibility index (Phi) is 4.02. The maximum Gasteiger partial charge on any atom is 0.119 e. The van der Waals surface area contributed by atoms with Crippen LogP contribution in [-0.2, 0) is 6.42 Å². The molecule has 94 valence electrons. The fraction of sp³-hybridized carbons (Fsp3) is 0.571. The third kappa shape index (κ3) is 2.99. The Morgan fingerprint density at radius 3 is 3.06 bits per heavy atom. The molecule has 1 aromatic carbocycles. The first-order valence-electron chi connectivity index (χ1n) is 6.27. The summed E-state index contributed by atoms with van der Waals surface area (Å²) < 4.78 is 5.26. The number of benzene rings is 1. The molecular formula is C14H22N2O. The summed E-state index contributed by atoms with van der Waals surface area (Å²) in [5.41, 5.74) is 1.34. The van der Waals surface area contributed by atoms with Crippen molar-refractivity contribution in [2.75, 3.05) is 27.2 Å². The Hall–Kier alpha value is -1.06. The molecule has 1 aromatic rings. The van der Waals surface area contributed by atoms with Crippen LogP contribution in [0.4, 0.5) is 0 Å². The van der Waals surface area contributed by atoms with Crippen molar-refractivity contribution in [3.05, 3.63) is 29.8 Å². The van der Waals surface area contributed by atoms with E-state index in [9.17, 15) is 0 Å². The van der Waals surface area contributed by atoms with Gasteiger partial charge in [0, 0.05) is 25.2 Å². The molecule has 3 nitrogen and oxygen atoms in total. The molecule has 1 aliphatic rings. The molecule has 0 bridgehead atoms. The Bertz CT molecular complexity index is 367. The normalized spacial score (nSPS) is 25.8. The van der Waals surface area contributed by atoms with Gasteiger partial charge in [-0.25, -0.2) is 0 Å². The first-order valence-corrected chi connectivity index (χ1v) is 6.27. The van der Waals surface area contributed by atoms with E-state index in [0.717, 1.165) is 25.3 Å². The highest BCUT2D eigenvalue weighted by atomic mass is 16.5. The third-order valence-electron chi connectivity index (χ3n) is 3.74. The average molecular weight is 234 g/mol. The first kappa shape index (κ1) is 12.4.